The number of carbonyl (C=O) groups is 1. The van der Waals surface area contributed by atoms with Gasteiger partial charge in [0.1, 0.15) is 0 Å². The standard InChI is InChI=1S/C17H13ClN2O/c1-12-5-6-13(10-16(12)18)7-8-17(21)20-15-4-2-3-14(9-15)11-19/h2-10H,1H3,(H,20,21)/b8-7+. The van der Waals surface area contributed by atoms with Crippen molar-refractivity contribution >= 4 is 29.3 Å². The van der Waals surface area contributed by atoms with Crippen molar-refractivity contribution in [3.8, 4) is 6.07 Å². The largest absolute Gasteiger partial charge is 0.322 e. The molecule has 104 valence electrons. The molecule has 0 heterocycles. The maximum atomic E-state index is 11.8. The van der Waals surface area contributed by atoms with E-state index in [-0.39, 0.29) is 5.91 Å². The average molecular weight is 297 g/mol. The van der Waals surface area contributed by atoms with Gasteiger partial charge in [-0.3, -0.25) is 4.79 Å². The van der Waals surface area contributed by atoms with Gasteiger partial charge in [0.2, 0.25) is 5.91 Å². The number of nitriles is 1. The predicted molar refractivity (Wildman–Crippen MR) is 85.0 cm³/mol. The number of benzene rings is 2. The van der Waals surface area contributed by atoms with Gasteiger partial charge in [0.25, 0.3) is 0 Å². The van der Waals surface area contributed by atoms with Crippen molar-refractivity contribution in [3.05, 3.63) is 70.3 Å². The molecule has 0 fully saturated rings. The Bertz CT molecular complexity index is 745. The first kappa shape index (κ1) is 14.8. The molecule has 0 aromatic heterocycles. The van der Waals surface area contributed by atoms with Crippen LogP contribution in [0.15, 0.2) is 48.5 Å². The van der Waals surface area contributed by atoms with Crippen LogP contribution in [-0.2, 0) is 4.79 Å². The van der Waals surface area contributed by atoms with E-state index in [4.69, 9.17) is 16.9 Å². The second-order valence-corrected chi connectivity index (χ2v) is 4.93. The number of amides is 1. The molecule has 21 heavy (non-hydrogen) atoms. The molecule has 0 bridgehead atoms. The smallest absolute Gasteiger partial charge is 0.248 e. The van der Waals surface area contributed by atoms with Gasteiger partial charge in [0, 0.05) is 16.8 Å². The van der Waals surface area contributed by atoms with Crippen molar-refractivity contribution in [1.29, 1.82) is 5.26 Å². The SMILES string of the molecule is Cc1ccc(/C=C/C(=O)Nc2cccc(C#N)c2)cc1Cl. The van der Waals surface area contributed by atoms with Crippen molar-refractivity contribution in [2.45, 2.75) is 6.92 Å². The number of hydrogen-bond donors (Lipinski definition) is 1. The Hall–Kier alpha value is -2.57. The van der Waals surface area contributed by atoms with Gasteiger partial charge in [-0.15, -0.1) is 0 Å². The Kier molecular flexibility index (Phi) is 4.76. The van der Waals surface area contributed by atoms with E-state index in [0.29, 0.717) is 16.3 Å². The van der Waals surface area contributed by atoms with Crippen LogP contribution in [0, 0.1) is 18.3 Å². The molecule has 0 radical (unpaired) electrons. The van der Waals surface area contributed by atoms with E-state index in [0.717, 1.165) is 11.1 Å². The summed E-state index contributed by atoms with van der Waals surface area (Å²) in [7, 11) is 0. The Morgan fingerprint density at radius 3 is 2.81 bits per heavy atom. The number of anilines is 1. The number of nitrogens with zero attached hydrogens (tertiary/aromatic N) is 1. The zero-order valence-corrected chi connectivity index (χ0v) is 12.2. The molecule has 2 aromatic carbocycles. The monoisotopic (exact) mass is 296 g/mol. The number of rotatable bonds is 3. The van der Waals surface area contributed by atoms with Gasteiger partial charge in [-0.05, 0) is 48.4 Å². The second kappa shape index (κ2) is 6.74. The molecule has 1 N–H and O–H groups in total. The lowest BCUT2D eigenvalue weighted by atomic mass is 10.1. The van der Waals surface area contributed by atoms with Gasteiger partial charge >= 0.3 is 0 Å². The van der Waals surface area contributed by atoms with Crippen LogP contribution >= 0.6 is 11.6 Å². The van der Waals surface area contributed by atoms with E-state index < -0.39 is 0 Å². The summed E-state index contributed by atoms with van der Waals surface area (Å²) >= 11 is 6.03. The molecule has 0 aliphatic heterocycles. The molecule has 1 amide bonds. The number of hydrogen-bond acceptors (Lipinski definition) is 2. The highest BCUT2D eigenvalue weighted by atomic mass is 35.5. The van der Waals surface area contributed by atoms with Gasteiger partial charge in [-0.1, -0.05) is 29.8 Å². The minimum absolute atomic E-state index is 0.262. The van der Waals surface area contributed by atoms with Gasteiger partial charge in [0.15, 0.2) is 0 Å². The summed E-state index contributed by atoms with van der Waals surface area (Å²) in [5, 5.41) is 12.2. The number of carbonyl (C=O) groups excluding carboxylic acids is 1. The van der Waals surface area contributed by atoms with E-state index in [2.05, 4.69) is 5.32 Å². The molecule has 3 nitrogen and oxygen atoms in total. The molecular formula is C17H13ClN2O. The maximum Gasteiger partial charge on any atom is 0.248 e. The summed E-state index contributed by atoms with van der Waals surface area (Å²) in [5.41, 5.74) is 2.94. The summed E-state index contributed by atoms with van der Waals surface area (Å²) in [4.78, 5) is 11.8. The third kappa shape index (κ3) is 4.20. The lowest BCUT2D eigenvalue weighted by Gasteiger charge is -2.02. The number of nitrogens with one attached hydrogen (secondary N) is 1. The summed E-state index contributed by atoms with van der Waals surface area (Å²) in [5.74, 6) is -0.262. The van der Waals surface area contributed by atoms with Gasteiger partial charge in [-0.2, -0.15) is 5.26 Å². The van der Waals surface area contributed by atoms with Crippen molar-refractivity contribution in [1.82, 2.24) is 0 Å². The van der Waals surface area contributed by atoms with Crippen LogP contribution in [-0.4, -0.2) is 5.91 Å². The first-order valence-electron chi connectivity index (χ1n) is 6.34. The van der Waals surface area contributed by atoms with Crippen LogP contribution in [0.1, 0.15) is 16.7 Å². The summed E-state index contributed by atoms with van der Waals surface area (Å²) in [6.45, 7) is 1.92. The first-order valence-corrected chi connectivity index (χ1v) is 6.71. The minimum Gasteiger partial charge on any atom is -0.322 e. The van der Waals surface area contributed by atoms with Gasteiger partial charge in [-0.25, -0.2) is 0 Å². The third-order valence-electron chi connectivity index (χ3n) is 2.88. The maximum absolute atomic E-state index is 11.8. The van der Waals surface area contributed by atoms with Crippen molar-refractivity contribution < 1.29 is 4.79 Å². The van der Waals surface area contributed by atoms with Crippen LogP contribution in [0.5, 0.6) is 0 Å². The fraction of sp³-hybridized carbons (Fsp3) is 0.0588. The molecule has 0 atom stereocenters. The molecule has 0 spiro atoms. The third-order valence-corrected chi connectivity index (χ3v) is 3.29. The minimum atomic E-state index is -0.262. The normalized spacial score (nSPS) is 10.3. The first-order chi connectivity index (χ1) is 10.1. The molecule has 2 aromatic rings. The highest BCUT2D eigenvalue weighted by Gasteiger charge is 2.00. The summed E-state index contributed by atoms with van der Waals surface area (Å²) in [6, 6.07) is 14.4. The zero-order valence-electron chi connectivity index (χ0n) is 11.4. The fourth-order valence-corrected chi connectivity index (χ4v) is 1.92. The number of aryl methyl sites for hydroxylation is 1. The average Bonchev–Trinajstić information content (AvgIpc) is 2.48. The van der Waals surface area contributed by atoms with E-state index >= 15 is 0 Å². The van der Waals surface area contributed by atoms with E-state index in [1.54, 1.807) is 36.4 Å². The Labute approximate surface area is 128 Å². The van der Waals surface area contributed by atoms with Gasteiger partial charge in [0.05, 0.1) is 11.6 Å². The molecule has 0 aliphatic rings. The van der Waals surface area contributed by atoms with Crippen molar-refractivity contribution in [3.63, 3.8) is 0 Å². The van der Waals surface area contributed by atoms with Crippen molar-refractivity contribution in [2.75, 3.05) is 5.32 Å². The summed E-state index contributed by atoms with van der Waals surface area (Å²) < 4.78 is 0. The van der Waals surface area contributed by atoms with E-state index in [9.17, 15) is 4.79 Å². The molecule has 0 saturated heterocycles. The highest BCUT2D eigenvalue weighted by Crippen LogP contribution is 2.17. The fourth-order valence-electron chi connectivity index (χ4n) is 1.74. The molecular weight excluding hydrogens is 284 g/mol. The Balaban J connectivity index is 2.05. The van der Waals surface area contributed by atoms with Crippen LogP contribution < -0.4 is 5.32 Å². The molecule has 4 heteroatoms. The quantitative estimate of drug-likeness (QED) is 0.864. The topological polar surface area (TPSA) is 52.9 Å². The zero-order chi connectivity index (χ0) is 15.2. The second-order valence-electron chi connectivity index (χ2n) is 4.52. The lowest BCUT2D eigenvalue weighted by molar-refractivity contribution is -0.111. The van der Waals surface area contributed by atoms with Crippen LogP contribution in [0.2, 0.25) is 5.02 Å². The lowest BCUT2D eigenvalue weighted by Crippen LogP contribution is -2.07. The number of halogens is 1. The van der Waals surface area contributed by atoms with Crippen LogP contribution in [0.3, 0.4) is 0 Å². The Morgan fingerprint density at radius 1 is 1.29 bits per heavy atom. The van der Waals surface area contributed by atoms with E-state index in [1.807, 2.05) is 25.1 Å². The molecule has 0 aliphatic carbocycles. The highest BCUT2D eigenvalue weighted by molar-refractivity contribution is 6.31. The summed E-state index contributed by atoms with van der Waals surface area (Å²) in [6.07, 6.45) is 3.12. The van der Waals surface area contributed by atoms with Crippen molar-refractivity contribution in [2.24, 2.45) is 0 Å². The van der Waals surface area contributed by atoms with Crippen LogP contribution in [0.25, 0.3) is 6.08 Å². The van der Waals surface area contributed by atoms with E-state index in [1.165, 1.54) is 6.08 Å². The van der Waals surface area contributed by atoms with Crippen LogP contribution in [0.4, 0.5) is 5.69 Å². The van der Waals surface area contributed by atoms with Gasteiger partial charge < -0.3 is 5.32 Å². The molecule has 2 rings (SSSR count). The predicted octanol–water partition coefficient (Wildman–Crippen LogP) is 4.17. The molecule has 0 saturated carbocycles. The molecule has 0 unspecified atom stereocenters. The Morgan fingerprint density at radius 2 is 2.10 bits per heavy atom.